The molecule has 1 amide bonds. The molecule has 0 radical (unpaired) electrons. The molecule has 3 rings (SSSR count). The van der Waals surface area contributed by atoms with Crippen molar-refractivity contribution in [2.75, 3.05) is 0 Å². The number of hydrogen-bond acceptors (Lipinski definition) is 2. The van der Waals surface area contributed by atoms with Gasteiger partial charge in [-0.15, -0.1) is 0 Å². The second kappa shape index (κ2) is 6.04. The zero-order chi connectivity index (χ0) is 15.7. The third kappa shape index (κ3) is 3.52. The van der Waals surface area contributed by atoms with Gasteiger partial charge in [-0.2, -0.15) is 0 Å². The summed E-state index contributed by atoms with van der Waals surface area (Å²) < 4.78 is 0. The number of hydrogen-bond donors (Lipinski definition) is 2. The molecule has 2 aliphatic heterocycles. The number of carbonyl (C=O) groups is 1. The van der Waals surface area contributed by atoms with Crippen LogP contribution in [0.25, 0.3) is 0 Å². The standard InChI is InChI=1S/C19H28N2O/c1-19(2,3)14-9-7-13(8-10-14)18(22)21-17-11-15-5-4-6-16(12-17)20-15/h7-10,15-17,20H,4-6,11-12H2,1-3H3,(H,21,22). The molecule has 3 heteroatoms. The average Bonchev–Trinajstić information content (AvgIpc) is 2.46. The lowest BCUT2D eigenvalue weighted by Gasteiger charge is -2.40. The summed E-state index contributed by atoms with van der Waals surface area (Å²) in [4.78, 5) is 12.5. The van der Waals surface area contributed by atoms with Gasteiger partial charge >= 0.3 is 0 Å². The van der Waals surface area contributed by atoms with E-state index in [9.17, 15) is 4.79 Å². The number of nitrogens with one attached hydrogen (secondary N) is 2. The van der Waals surface area contributed by atoms with Crippen molar-refractivity contribution in [3.05, 3.63) is 35.4 Å². The molecule has 1 aromatic carbocycles. The van der Waals surface area contributed by atoms with Crippen LogP contribution < -0.4 is 10.6 Å². The number of carbonyl (C=O) groups excluding carboxylic acids is 1. The van der Waals surface area contributed by atoms with Crippen molar-refractivity contribution in [2.24, 2.45) is 0 Å². The maximum atomic E-state index is 12.5. The summed E-state index contributed by atoms with van der Waals surface area (Å²) in [6.07, 6.45) is 5.98. The molecule has 120 valence electrons. The smallest absolute Gasteiger partial charge is 0.251 e. The Morgan fingerprint density at radius 3 is 2.23 bits per heavy atom. The number of amides is 1. The van der Waals surface area contributed by atoms with Gasteiger partial charge in [0.15, 0.2) is 0 Å². The van der Waals surface area contributed by atoms with Crippen molar-refractivity contribution in [2.45, 2.75) is 76.4 Å². The van der Waals surface area contributed by atoms with Crippen LogP contribution >= 0.6 is 0 Å². The highest BCUT2D eigenvalue weighted by Gasteiger charge is 2.31. The van der Waals surface area contributed by atoms with Gasteiger partial charge in [0.1, 0.15) is 0 Å². The maximum absolute atomic E-state index is 12.5. The second-order valence-electron chi connectivity index (χ2n) is 7.96. The molecule has 2 aliphatic rings. The van der Waals surface area contributed by atoms with Crippen molar-refractivity contribution in [1.29, 1.82) is 0 Å². The SMILES string of the molecule is CC(C)(C)c1ccc(C(=O)NC2CC3CCCC(C2)N3)cc1. The first-order valence-corrected chi connectivity index (χ1v) is 8.59. The third-order valence-corrected chi connectivity index (χ3v) is 5.06. The van der Waals surface area contributed by atoms with E-state index in [4.69, 9.17) is 0 Å². The van der Waals surface area contributed by atoms with Crippen molar-refractivity contribution >= 4 is 5.91 Å². The number of fused-ring (bicyclic) bond motifs is 2. The average molecular weight is 300 g/mol. The Morgan fingerprint density at radius 2 is 1.68 bits per heavy atom. The molecule has 2 fully saturated rings. The first kappa shape index (κ1) is 15.5. The Kier molecular flexibility index (Phi) is 4.26. The van der Waals surface area contributed by atoms with Crippen LogP contribution in [0.1, 0.15) is 68.8 Å². The molecular weight excluding hydrogens is 272 g/mol. The minimum Gasteiger partial charge on any atom is -0.349 e. The lowest BCUT2D eigenvalue weighted by atomic mass is 9.84. The molecule has 0 aromatic heterocycles. The van der Waals surface area contributed by atoms with Gasteiger partial charge in [-0.3, -0.25) is 4.79 Å². The molecule has 0 spiro atoms. The maximum Gasteiger partial charge on any atom is 0.251 e. The molecule has 22 heavy (non-hydrogen) atoms. The van der Waals surface area contributed by atoms with Crippen LogP contribution in [0.2, 0.25) is 0 Å². The van der Waals surface area contributed by atoms with E-state index in [1.165, 1.54) is 24.8 Å². The second-order valence-corrected chi connectivity index (χ2v) is 7.96. The molecule has 0 saturated carbocycles. The van der Waals surface area contributed by atoms with E-state index in [2.05, 4.69) is 43.5 Å². The Morgan fingerprint density at radius 1 is 1.09 bits per heavy atom. The fourth-order valence-corrected chi connectivity index (χ4v) is 3.77. The van der Waals surface area contributed by atoms with Gasteiger partial charge in [-0.1, -0.05) is 39.3 Å². The predicted octanol–water partition coefficient (Wildman–Crippen LogP) is 3.39. The van der Waals surface area contributed by atoms with Crippen LogP contribution in [0, 0.1) is 0 Å². The zero-order valence-corrected chi connectivity index (χ0v) is 14.0. The molecule has 2 atom stereocenters. The Labute approximate surface area is 133 Å². The van der Waals surface area contributed by atoms with Gasteiger partial charge in [-0.25, -0.2) is 0 Å². The van der Waals surface area contributed by atoms with Crippen LogP contribution in [0.5, 0.6) is 0 Å². The van der Waals surface area contributed by atoms with Gasteiger partial charge in [0.05, 0.1) is 0 Å². The fraction of sp³-hybridized carbons (Fsp3) is 0.632. The predicted molar refractivity (Wildman–Crippen MR) is 90.2 cm³/mol. The van der Waals surface area contributed by atoms with Gasteiger partial charge in [-0.05, 0) is 48.8 Å². The molecular formula is C19H28N2O. The van der Waals surface area contributed by atoms with Crippen LogP contribution in [0.15, 0.2) is 24.3 Å². The zero-order valence-electron chi connectivity index (χ0n) is 14.0. The summed E-state index contributed by atoms with van der Waals surface area (Å²) >= 11 is 0. The largest absolute Gasteiger partial charge is 0.349 e. The van der Waals surface area contributed by atoms with Gasteiger partial charge in [0.25, 0.3) is 5.91 Å². The summed E-state index contributed by atoms with van der Waals surface area (Å²) in [5, 5.41) is 6.91. The summed E-state index contributed by atoms with van der Waals surface area (Å²) in [6.45, 7) is 6.57. The van der Waals surface area contributed by atoms with E-state index in [1.54, 1.807) is 0 Å². The lowest BCUT2D eigenvalue weighted by Crippen LogP contribution is -2.54. The van der Waals surface area contributed by atoms with E-state index in [0.29, 0.717) is 18.1 Å². The van der Waals surface area contributed by atoms with Gasteiger partial charge in [0.2, 0.25) is 0 Å². The normalized spacial score (nSPS) is 28.2. The summed E-state index contributed by atoms with van der Waals surface area (Å²) in [7, 11) is 0. The summed E-state index contributed by atoms with van der Waals surface area (Å²) in [5.41, 5.74) is 2.17. The van der Waals surface area contributed by atoms with Crippen LogP contribution in [-0.4, -0.2) is 24.0 Å². The highest BCUT2D eigenvalue weighted by Crippen LogP contribution is 2.26. The first-order valence-electron chi connectivity index (χ1n) is 8.59. The quantitative estimate of drug-likeness (QED) is 0.879. The molecule has 2 N–H and O–H groups in total. The van der Waals surface area contributed by atoms with Gasteiger partial charge in [0, 0.05) is 23.7 Å². The molecule has 2 saturated heterocycles. The molecule has 1 aromatic rings. The number of piperidine rings is 2. The molecule has 3 nitrogen and oxygen atoms in total. The van der Waals surface area contributed by atoms with E-state index in [-0.39, 0.29) is 11.3 Å². The summed E-state index contributed by atoms with van der Waals surface area (Å²) in [5.74, 6) is 0.0745. The number of rotatable bonds is 2. The summed E-state index contributed by atoms with van der Waals surface area (Å²) in [6, 6.07) is 9.59. The lowest BCUT2D eigenvalue weighted by molar-refractivity contribution is 0.0907. The van der Waals surface area contributed by atoms with Crippen molar-refractivity contribution < 1.29 is 4.79 Å². The van der Waals surface area contributed by atoms with Crippen LogP contribution in [-0.2, 0) is 5.41 Å². The van der Waals surface area contributed by atoms with Crippen molar-refractivity contribution in [1.82, 2.24) is 10.6 Å². The highest BCUT2D eigenvalue weighted by atomic mass is 16.1. The number of benzene rings is 1. The van der Waals surface area contributed by atoms with Crippen LogP contribution in [0.4, 0.5) is 0 Å². The minimum absolute atomic E-state index is 0.0745. The Bertz CT molecular complexity index is 517. The Balaban J connectivity index is 1.62. The molecule has 0 aliphatic carbocycles. The highest BCUT2D eigenvalue weighted by molar-refractivity contribution is 5.94. The fourth-order valence-electron chi connectivity index (χ4n) is 3.77. The van der Waals surface area contributed by atoms with Crippen LogP contribution in [0.3, 0.4) is 0 Å². The van der Waals surface area contributed by atoms with E-state index in [0.717, 1.165) is 18.4 Å². The van der Waals surface area contributed by atoms with E-state index < -0.39 is 0 Å². The van der Waals surface area contributed by atoms with Gasteiger partial charge < -0.3 is 10.6 Å². The van der Waals surface area contributed by atoms with Crippen molar-refractivity contribution in [3.63, 3.8) is 0 Å². The Hall–Kier alpha value is -1.35. The molecule has 2 unspecified atom stereocenters. The topological polar surface area (TPSA) is 41.1 Å². The first-order chi connectivity index (χ1) is 10.4. The van der Waals surface area contributed by atoms with E-state index >= 15 is 0 Å². The molecule has 2 bridgehead atoms. The monoisotopic (exact) mass is 300 g/mol. The third-order valence-electron chi connectivity index (χ3n) is 5.06. The van der Waals surface area contributed by atoms with Crippen molar-refractivity contribution in [3.8, 4) is 0 Å². The van der Waals surface area contributed by atoms with E-state index in [1.807, 2.05) is 12.1 Å². The minimum atomic E-state index is 0.0745. The molecule has 2 heterocycles.